The van der Waals surface area contributed by atoms with Crippen molar-refractivity contribution in [3.8, 4) is 0 Å². The van der Waals surface area contributed by atoms with Gasteiger partial charge in [-0.15, -0.1) is 0 Å². The van der Waals surface area contributed by atoms with Gasteiger partial charge in [0.25, 0.3) is 0 Å². The third kappa shape index (κ3) is 3.12. The standard InChI is InChI=1S/C17H17BrN4O2/c1-3-10-7-19-15-14(10)16(22-9-21-15)20-8-12-5-4-11(6-13(12)18)17(23)24-2/h4-7,9H,3,8H2,1-2H3,(H2,19,20,21,22). The molecule has 0 saturated heterocycles. The number of carbonyl (C=O) groups excluding carboxylic acids is 1. The number of aryl methyl sites for hydroxylation is 1. The van der Waals surface area contributed by atoms with Crippen LogP contribution >= 0.6 is 15.9 Å². The number of nitrogens with zero attached hydrogens (tertiary/aromatic N) is 2. The molecule has 0 spiro atoms. The topological polar surface area (TPSA) is 79.9 Å². The zero-order valence-electron chi connectivity index (χ0n) is 13.4. The minimum Gasteiger partial charge on any atom is -0.465 e. The molecule has 2 N–H and O–H groups in total. The van der Waals surface area contributed by atoms with Crippen molar-refractivity contribution < 1.29 is 9.53 Å². The average molecular weight is 389 g/mol. The zero-order chi connectivity index (χ0) is 17.1. The van der Waals surface area contributed by atoms with Crippen LogP contribution in [0.1, 0.15) is 28.4 Å². The van der Waals surface area contributed by atoms with Gasteiger partial charge in [-0.3, -0.25) is 0 Å². The van der Waals surface area contributed by atoms with Gasteiger partial charge in [0.1, 0.15) is 17.8 Å². The summed E-state index contributed by atoms with van der Waals surface area (Å²) in [6, 6.07) is 5.39. The first-order valence-corrected chi connectivity index (χ1v) is 8.35. The molecule has 0 aliphatic heterocycles. The van der Waals surface area contributed by atoms with Crippen LogP contribution in [-0.4, -0.2) is 28.0 Å². The van der Waals surface area contributed by atoms with E-state index in [-0.39, 0.29) is 5.97 Å². The molecule has 2 heterocycles. The van der Waals surface area contributed by atoms with Crippen LogP contribution in [0.25, 0.3) is 11.0 Å². The highest BCUT2D eigenvalue weighted by atomic mass is 79.9. The maximum atomic E-state index is 11.6. The number of aromatic nitrogens is 3. The lowest BCUT2D eigenvalue weighted by molar-refractivity contribution is 0.0600. The van der Waals surface area contributed by atoms with Gasteiger partial charge < -0.3 is 15.0 Å². The number of methoxy groups -OCH3 is 1. The van der Waals surface area contributed by atoms with Crippen molar-refractivity contribution in [2.75, 3.05) is 12.4 Å². The van der Waals surface area contributed by atoms with Crippen molar-refractivity contribution in [3.63, 3.8) is 0 Å². The fraction of sp³-hybridized carbons (Fsp3) is 0.235. The Morgan fingerprint density at radius 2 is 2.17 bits per heavy atom. The fourth-order valence-corrected chi connectivity index (χ4v) is 3.07. The molecule has 0 fully saturated rings. The van der Waals surface area contributed by atoms with Crippen molar-refractivity contribution >= 4 is 38.8 Å². The quantitative estimate of drug-likeness (QED) is 0.651. The molecule has 24 heavy (non-hydrogen) atoms. The summed E-state index contributed by atoms with van der Waals surface area (Å²) >= 11 is 3.50. The van der Waals surface area contributed by atoms with Gasteiger partial charge in [0.15, 0.2) is 0 Å². The lowest BCUT2D eigenvalue weighted by atomic mass is 10.1. The number of halogens is 1. The van der Waals surface area contributed by atoms with E-state index in [1.807, 2.05) is 12.3 Å². The zero-order valence-corrected chi connectivity index (χ0v) is 15.0. The van der Waals surface area contributed by atoms with Crippen LogP contribution in [0.4, 0.5) is 5.82 Å². The lowest BCUT2D eigenvalue weighted by Crippen LogP contribution is -2.05. The molecule has 0 aliphatic carbocycles. The number of aromatic amines is 1. The van der Waals surface area contributed by atoms with Crippen molar-refractivity contribution in [1.82, 2.24) is 15.0 Å². The van der Waals surface area contributed by atoms with E-state index in [1.54, 1.807) is 12.1 Å². The minimum atomic E-state index is -0.354. The van der Waals surface area contributed by atoms with E-state index >= 15 is 0 Å². The summed E-state index contributed by atoms with van der Waals surface area (Å²) in [4.78, 5) is 23.3. The molecule has 124 valence electrons. The van der Waals surface area contributed by atoms with Crippen molar-refractivity contribution in [2.24, 2.45) is 0 Å². The molecule has 0 aliphatic rings. The van der Waals surface area contributed by atoms with E-state index in [0.717, 1.165) is 33.3 Å². The van der Waals surface area contributed by atoms with E-state index in [9.17, 15) is 4.79 Å². The number of rotatable bonds is 5. The molecule has 3 aromatic rings. The van der Waals surface area contributed by atoms with Crippen LogP contribution in [0.2, 0.25) is 0 Å². The van der Waals surface area contributed by atoms with Crippen molar-refractivity contribution in [2.45, 2.75) is 19.9 Å². The summed E-state index contributed by atoms with van der Waals surface area (Å²) in [5.41, 5.74) is 3.53. The van der Waals surface area contributed by atoms with E-state index in [0.29, 0.717) is 12.1 Å². The molecule has 3 rings (SSSR count). The molecule has 1 aromatic carbocycles. The first-order valence-electron chi connectivity index (χ1n) is 7.55. The highest BCUT2D eigenvalue weighted by Crippen LogP contribution is 2.25. The summed E-state index contributed by atoms with van der Waals surface area (Å²) in [5.74, 6) is 0.440. The highest BCUT2D eigenvalue weighted by molar-refractivity contribution is 9.10. The number of carbonyl (C=O) groups is 1. The number of hydrogen-bond donors (Lipinski definition) is 2. The monoisotopic (exact) mass is 388 g/mol. The maximum absolute atomic E-state index is 11.6. The molecular weight excluding hydrogens is 372 g/mol. The van der Waals surface area contributed by atoms with E-state index < -0.39 is 0 Å². The summed E-state index contributed by atoms with van der Waals surface area (Å²) in [6.45, 7) is 2.67. The van der Waals surface area contributed by atoms with Crippen molar-refractivity contribution in [3.05, 3.63) is 51.9 Å². The predicted molar refractivity (Wildman–Crippen MR) is 96.1 cm³/mol. The number of benzene rings is 1. The van der Waals surface area contributed by atoms with Crippen LogP contribution in [-0.2, 0) is 17.7 Å². The van der Waals surface area contributed by atoms with Gasteiger partial charge in [-0.25, -0.2) is 14.8 Å². The molecule has 7 heteroatoms. The Bertz CT molecular complexity index is 891. The fourth-order valence-electron chi connectivity index (χ4n) is 2.55. The molecule has 0 atom stereocenters. The summed E-state index contributed by atoms with van der Waals surface area (Å²) < 4.78 is 5.57. The second kappa shape index (κ2) is 7.00. The molecule has 0 unspecified atom stereocenters. The minimum absolute atomic E-state index is 0.354. The molecule has 0 saturated carbocycles. The lowest BCUT2D eigenvalue weighted by Gasteiger charge is -2.10. The Morgan fingerprint density at radius 1 is 1.33 bits per heavy atom. The SMILES string of the molecule is CCc1c[nH]c2ncnc(NCc3ccc(C(=O)OC)cc3Br)c12. The van der Waals surface area contributed by atoms with Crippen molar-refractivity contribution in [1.29, 1.82) is 0 Å². The Balaban J connectivity index is 1.84. The number of esters is 1. The number of hydrogen-bond acceptors (Lipinski definition) is 5. The Morgan fingerprint density at radius 3 is 2.88 bits per heavy atom. The van der Waals surface area contributed by atoms with Gasteiger partial charge in [-0.1, -0.05) is 28.9 Å². The van der Waals surface area contributed by atoms with Gasteiger partial charge >= 0.3 is 5.97 Å². The second-order valence-electron chi connectivity index (χ2n) is 5.26. The van der Waals surface area contributed by atoms with E-state index in [1.165, 1.54) is 19.0 Å². The molecular formula is C17H17BrN4O2. The molecule has 6 nitrogen and oxygen atoms in total. The Labute approximate surface area is 147 Å². The number of anilines is 1. The van der Waals surface area contributed by atoms with Crippen LogP contribution < -0.4 is 5.32 Å². The first-order chi connectivity index (χ1) is 11.6. The van der Waals surface area contributed by atoms with E-state index in [2.05, 4.69) is 43.1 Å². The average Bonchev–Trinajstić information content (AvgIpc) is 3.03. The normalized spacial score (nSPS) is 10.8. The van der Waals surface area contributed by atoms with Crippen LogP contribution in [0.15, 0.2) is 35.2 Å². The number of nitrogens with one attached hydrogen (secondary N) is 2. The van der Waals surface area contributed by atoms with Gasteiger partial charge in [-0.2, -0.15) is 0 Å². The highest BCUT2D eigenvalue weighted by Gasteiger charge is 2.11. The largest absolute Gasteiger partial charge is 0.465 e. The van der Waals surface area contributed by atoms with Gasteiger partial charge in [0.2, 0.25) is 0 Å². The van der Waals surface area contributed by atoms with Crippen LogP contribution in [0.5, 0.6) is 0 Å². The second-order valence-corrected chi connectivity index (χ2v) is 6.12. The van der Waals surface area contributed by atoms with Gasteiger partial charge in [-0.05, 0) is 29.7 Å². The number of fused-ring (bicyclic) bond motifs is 1. The number of H-pyrrole nitrogens is 1. The Hall–Kier alpha value is -2.41. The Kier molecular flexibility index (Phi) is 4.80. The first kappa shape index (κ1) is 16.4. The van der Waals surface area contributed by atoms with Crippen LogP contribution in [0, 0.1) is 0 Å². The van der Waals surface area contributed by atoms with E-state index in [4.69, 9.17) is 4.74 Å². The smallest absolute Gasteiger partial charge is 0.337 e. The molecule has 2 aromatic heterocycles. The van der Waals surface area contributed by atoms with Gasteiger partial charge in [0, 0.05) is 17.2 Å². The summed E-state index contributed by atoms with van der Waals surface area (Å²) in [6.07, 6.45) is 4.40. The maximum Gasteiger partial charge on any atom is 0.337 e. The summed E-state index contributed by atoms with van der Waals surface area (Å²) in [7, 11) is 1.37. The van der Waals surface area contributed by atoms with Crippen LogP contribution in [0.3, 0.4) is 0 Å². The van der Waals surface area contributed by atoms with Gasteiger partial charge in [0.05, 0.1) is 18.1 Å². The predicted octanol–water partition coefficient (Wildman–Crippen LogP) is 3.68. The third-order valence-corrected chi connectivity index (χ3v) is 4.59. The third-order valence-electron chi connectivity index (χ3n) is 3.85. The molecule has 0 amide bonds. The molecule has 0 radical (unpaired) electrons. The molecule has 0 bridgehead atoms. The number of ether oxygens (including phenoxy) is 1. The summed E-state index contributed by atoms with van der Waals surface area (Å²) in [5, 5.41) is 4.37.